The summed E-state index contributed by atoms with van der Waals surface area (Å²) in [6.45, 7) is 7.27. The van der Waals surface area contributed by atoms with E-state index in [0.717, 1.165) is 62.9 Å². The molecule has 0 fully saturated rings. The van der Waals surface area contributed by atoms with Crippen LogP contribution < -0.4 is 10.6 Å². The second-order valence-electron chi connectivity index (χ2n) is 9.08. The second-order valence-corrected chi connectivity index (χ2v) is 9.98. The first-order valence-corrected chi connectivity index (χ1v) is 14.6. The maximum Gasteiger partial charge on any atom is 0.233 e. The number of carbonyl (C=O) groups is 1. The van der Waals surface area contributed by atoms with E-state index in [9.17, 15) is 4.79 Å². The Kier molecular flexibility index (Phi) is 14.4. The minimum atomic E-state index is -0.166. The monoisotopic (exact) mass is 495 g/mol. The molecule has 0 saturated carbocycles. The minimum absolute atomic E-state index is 0.0613. The van der Waals surface area contributed by atoms with E-state index in [-0.39, 0.29) is 11.8 Å². The van der Waals surface area contributed by atoms with Gasteiger partial charge in [0.15, 0.2) is 0 Å². The maximum atomic E-state index is 13.1. The molecule has 0 heterocycles. The third kappa shape index (κ3) is 10.6. The molecule has 0 bridgehead atoms. The Morgan fingerprint density at radius 2 is 2.06 bits per heavy atom. The summed E-state index contributed by atoms with van der Waals surface area (Å²) in [6, 6.07) is 11.3. The molecule has 0 radical (unpaired) electrons. The summed E-state index contributed by atoms with van der Waals surface area (Å²) in [6.07, 6.45) is 19.6. The zero-order valence-corrected chi connectivity index (χ0v) is 23.0. The van der Waals surface area contributed by atoms with E-state index in [1.54, 1.807) is 18.0 Å². The highest BCUT2D eigenvalue weighted by Crippen LogP contribution is 2.36. The lowest BCUT2D eigenvalue weighted by molar-refractivity contribution is -0.123. The summed E-state index contributed by atoms with van der Waals surface area (Å²) in [5, 5.41) is 6.92. The fourth-order valence-electron chi connectivity index (χ4n) is 4.56. The number of rotatable bonds is 15. The van der Waals surface area contributed by atoms with Gasteiger partial charge < -0.3 is 10.6 Å². The average molecular weight is 496 g/mol. The Labute approximate surface area is 217 Å². The zero-order valence-electron chi connectivity index (χ0n) is 22.2. The summed E-state index contributed by atoms with van der Waals surface area (Å²) < 4.78 is 0. The third-order valence-corrected chi connectivity index (χ3v) is 7.18. The summed E-state index contributed by atoms with van der Waals surface area (Å²) in [5.41, 5.74) is 3.25. The number of aliphatic imine (C=N–C) groups is 1. The van der Waals surface area contributed by atoms with E-state index >= 15 is 0 Å². The Morgan fingerprint density at radius 1 is 1.26 bits per heavy atom. The van der Waals surface area contributed by atoms with Gasteiger partial charge in [0, 0.05) is 22.9 Å². The van der Waals surface area contributed by atoms with Gasteiger partial charge >= 0.3 is 0 Å². The Balaban J connectivity index is 1.85. The maximum absolute atomic E-state index is 13.1. The van der Waals surface area contributed by atoms with E-state index in [1.807, 2.05) is 6.92 Å². The van der Waals surface area contributed by atoms with Crippen molar-refractivity contribution in [3.63, 3.8) is 0 Å². The quantitative estimate of drug-likeness (QED) is 0.154. The minimum Gasteiger partial charge on any atom is -0.326 e. The fraction of sp³-hybridized carbons (Fsp3) is 0.533. The van der Waals surface area contributed by atoms with Crippen LogP contribution >= 0.6 is 11.8 Å². The molecular formula is C30H45N3OS. The highest BCUT2D eigenvalue weighted by Gasteiger charge is 2.28. The molecule has 1 aliphatic rings. The van der Waals surface area contributed by atoms with E-state index in [4.69, 9.17) is 0 Å². The molecule has 4 nitrogen and oxygen atoms in total. The molecule has 2 N–H and O–H groups in total. The van der Waals surface area contributed by atoms with Crippen LogP contribution in [0.4, 0.5) is 0 Å². The Morgan fingerprint density at radius 3 is 2.74 bits per heavy atom. The van der Waals surface area contributed by atoms with E-state index < -0.39 is 0 Å². The smallest absolute Gasteiger partial charge is 0.233 e. The third-order valence-electron chi connectivity index (χ3n) is 6.28. The van der Waals surface area contributed by atoms with Gasteiger partial charge in [0.25, 0.3) is 0 Å². The van der Waals surface area contributed by atoms with Crippen LogP contribution in [0.2, 0.25) is 0 Å². The van der Waals surface area contributed by atoms with Crippen molar-refractivity contribution in [1.29, 1.82) is 0 Å². The van der Waals surface area contributed by atoms with Crippen molar-refractivity contribution in [2.75, 3.05) is 12.8 Å². The molecule has 1 aromatic rings. The average Bonchev–Trinajstić information content (AvgIpc) is 2.87. The van der Waals surface area contributed by atoms with E-state index in [2.05, 4.69) is 84.3 Å². The lowest BCUT2D eigenvalue weighted by atomic mass is 9.91. The van der Waals surface area contributed by atoms with Gasteiger partial charge in [0.05, 0.1) is 11.6 Å². The SMILES string of the molecule is CC=NC1=C(SC)CCCC1C(=O)NC(/C=C\CCCN[C@H](CCC)Cc1ccccc1)=C/CC. The van der Waals surface area contributed by atoms with Gasteiger partial charge in [-0.15, -0.1) is 11.8 Å². The van der Waals surface area contributed by atoms with Gasteiger partial charge in [0.1, 0.15) is 0 Å². The van der Waals surface area contributed by atoms with Gasteiger partial charge in [0.2, 0.25) is 5.91 Å². The molecule has 1 aromatic carbocycles. The standard InChI is InChI=1S/C30H45N3OS/c1-5-15-25(33-30(34)27-20-14-21-28(35-4)29(27)31-7-3)19-12-9-13-22-32-26(16-6-2)23-24-17-10-8-11-18-24/h7-8,10-12,15,17-19,26-27,32H,5-6,9,13-14,16,20-23H2,1-4H3,(H,33,34)/b19-12-,25-15+,31-7?/t26-,27?/m1/s1. The molecule has 2 rings (SSSR count). The van der Waals surface area contributed by atoms with Gasteiger partial charge in [-0.05, 0) is 82.7 Å². The molecule has 2 atom stereocenters. The van der Waals surface area contributed by atoms with Crippen LogP contribution in [-0.2, 0) is 11.2 Å². The van der Waals surface area contributed by atoms with Gasteiger partial charge in [-0.25, -0.2) is 0 Å². The first-order valence-electron chi connectivity index (χ1n) is 13.3. The summed E-state index contributed by atoms with van der Waals surface area (Å²) in [7, 11) is 0. The lowest BCUT2D eigenvalue weighted by Crippen LogP contribution is -2.32. The molecule has 1 aliphatic carbocycles. The van der Waals surface area contributed by atoms with Gasteiger partial charge in [-0.1, -0.05) is 62.8 Å². The number of hydrogen-bond acceptors (Lipinski definition) is 4. The van der Waals surface area contributed by atoms with Crippen LogP contribution in [-0.4, -0.2) is 31.0 Å². The number of nitrogens with one attached hydrogen (secondary N) is 2. The van der Waals surface area contributed by atoms with Crippen LogP contribution in [0.15, 0.2) is 69.9 Å². The fourth-order valence-corrected chi connectivity index (χ4v) is 5.31. The summed E-state index contributed by atoms with van der Waals surface area (Å²) >= 11 is 1.72. The summed E-state index contributed by atoms with van der Waals surface area (Å²) in [5.74, 6) is -0.105. The Bertz CT molecular complexity index is 873. The molecule has 0 aromatic heterocycles. The largest absolute Gasteiger partial charge is 0.326 e. The summed E-state index contributed by atoms with van der Waals surface area (Å²) in [4.78, 5) is 19.0. The number of unbranched alkanes of at least 4 members (excludes halogenated alkanes) is 1. The predicted molar refractivity (Wildman–Crippen MR) is 154 cm³/mol. The van der Waals surface area contributed by atoms with Gasteiger partial charge in [-0.3, -0.25) is 9.79 Å². The number of carbonyl (C=O) groups excluding carboxylic acids is 1. The molecule has 0 spiro atoms. The molecule has 5 heteroatoms. The normalized spacial score (nSPS) is 17.9. The molecule has 35 heavy (non-hydrogen) atoms. The van der Waals surface area contributed by atoms with Crippen molar-refractivity contribution in [3.8, 4) is 0 Å². The van der Waals surface area contributed by atoms with Crippen molar-refractivity contribution in [2.45, 2.75) is 84.6 Å². The number of hydrogen-bond donors (Lipinski definition) is 2. The number of thioether (sulfide) groups is 1. The number of allylic oxidation sites excluding steroid dienone is 4. The molecule has 0 aliphatic heterocycles. The zero-order chi connectivity index (χ0) is 25.3. The second kappa shape index (κ2) is 17.3. The Hall–Kier alpha value is -2.11. The highest BCUT2D eigenvalue weighted by atomic mass is 32.2. The van der Waals surface area contributed by atoms with Crippen molar-refractivity contribution < 1.29 is 4.79 Å². The molecular weight excluding hydrogens is 450 g/mol. The van der Waals surface area contributed by atoms with Crippen LogP contribution in [0.25, 0.3) is 0 Å². The van der Waals surface area contributed by atoms with E-state index in [0.29, 0.717) is 6.04 Å². The van der Waals surface area contributed by atoms with Crippen molar-refractivity contribution in [2.24, 2.45) is 10.9 Å². The molecule has 1 unspecified atom stereocenters. The van der Waals surface area contributed by atoms with Crippen molar-refractivity contribution >= 4 is 23.9 Å². The van der Waals surface area contributed by atoms with Crippen molar-refractivity contribution in [3.05, 3.63) is 70.4 Å². The van der Waals surface area contributed by atoms with Gasteiger partial charge in [-0.2, -0.15) is 0 Å². The van der Waals surface area contributed by atoms with Crippen LogP contribution in [0.5, 0.6) is 0 Å². The van der Waals surface area contributed by atoms with Crippen molar-refractivity contribution in [1.82, 2.24) is 10.6 Å². The number of nitrogens with zero attached hydrogens (tertiary/aromatic N) is 1. The predicted octanol–water partition coefficient (Wildman–Crippen LogP) is 7.20. The van der Waals surface area contributed by atoms with Crippen LogP contribution in [0.3, 0.4) is 0 Å². The number of benzene rings is 1. The molecule has 0 saturated heterocycles. The van der Waals surface area contributed by atoms with Crippen LogP contribution in [0.1, 0.15) is 77.7 Å². The number of amides is 1. The lowest BCUT2D eigenvalue weighted by Gasteiger charge is -2.24. The molecule has 1 amide bonds. The van der Waals surface area contributed by atoms with Crippen LogP contribution in [0, 0.1) is 5.92 Å². The topological polar surface area (TPSA) is 53.5 Å². The first-order chi connectivity index (χ1) is 17.1. The first kappa shape index (κ1) is 29.1. The highest BCUT2D eigenvalue weighted by molar-refractivity contribution is 8.02. The molecule has 192 valence electrons. The van der Waals surface area contributed by atoms with E-state index in [1.165, 1.54) is 23.3 Å².